The van der Waals surface area contributed by atoms with Crippen LogP contribution in [0.4, 0.5) is 5.69 Å². The van der Waals surface area contributed by atoms with Crippen LogP contribution >= 0.6 is 15.9 Å². The summed E-state index contributed by atoms with van der Waals surface area (Å²) in [5.41, 5.74) is 8.70. The first-order chi connectivity index (χ1) is 10.2. The third-order valence-corrected chi connectivity index (χ3v) is 3.63. The van der Waals surface area contributed by atoms with Gasteiger partial charge in [0.05, 0.1) is 11.3 Å². The Labute approximate surface area is 129 Å². The molecule has 102 valence electrons. The number of rotatable bonds is 2. The normalized spacial score (nSPS) is 10.3. The number of nitrogens with zero attached hydrogens (tertiary/aromatic N) is 4. The van der Waals surface area contributed by atoms with Gasteiger partial charge in [0.2, 0.25) is 0 Å². The first-order valence-corrected chi connectivity index (χ1v) is 6.94. The summed E-state index contributed by atoms with van der Waals surface area (Å²) in [6.07, 6.45) is 1.63. The molecule has 0 aliphatic heterocycles. The Morgan fingerprint density at radius 3 is 2.76 bits per heavy atom. The summed E-state index contributed by atoms with van der Waals surface area (Å²) in [5, 5.41) is 13.4. The molecule has 0 atom stereocenters. The van der Waals surface area contributed by atoms with E-state index in [0.717, 1.165) is 15.7 Å². The highest BCUT2D eigenvalue weighted by molar-refractivity contribution is 9.10. The third kappa shape index (κ3) is 2.64. The monoisotopic (exact) mass is 339 g/mol. The highest BCUT2D eigenvalue weighted by Crippen LogP contribution is 2.22. The Kier molecular flexibility index (Phi) is 3.42. The highest BCUT2D eigenvalue weighted by Gasteiger charge is 2.07. The number of aromatic nitrogens is 3. The van der Waals surface area contributed by atoms with Gasteiger partial charge in [-0.3, -0.25) is 0 Å². The lowest BCUT2D eigenvalue weighted by Gasteiger charge is -2.02. The molecule has 3 rings (SSSR count). The van der Waals surface area contributed by atoms with Gasteiger partial charge in [0.15, 0.2) is 5.82 Å². The average molecular weight is 340 g/mol. The van der Waals surface area contributed by atoms with Crippen molar-refractivity contribution in [1.82, 2.24) is 14.8 Å². The number of benzene rings is 2. The molecule has 2 aromatic carbocycles. The second-order valence-electron chi connectivity index (χ2n) is 4.41. The van der Waals surface area contributed by atoms with Crippen molar-refractivity contribution in [3.8, 4) is 23.1 Å². The predicted molar refractivity (Wildman–Crippen MR) is 83.6 cm³/mol. The van der Waals surface area contributed by atoms with Gasteiger partial charge >= 0.3 is 0 Å². The van der Waals surface area contributed by atoms with Crippen LogP contribution in [-0.2, 0) is 0 Å². The Morgan fingerprint density at radius 2 is 2.05 bits per heavy atom. The van der Waals surface area contributed by atoms with Crippen LogP contribution in [-0.4, -0.2) is 14.8 Å². The summed E-state index contributed by atoms with van der Waals surface area (Å²) in [6, 6.07) is 14.9. The van der Waals surface area contributed by atoms with Gasteiger partial charge in [-0.1, -0.05) is 12.1 Å². The second kappa shape index (κ2) is 5.38. The number of halogens is 1. The first kappa shape index (κ1) is 13.3. The van der Waals surface area contributed by atoms with Crippen LogP contribution in [0.1, 0.15) is 5.56 Å². The number of nitrogen functional groups attached to an aromatic ring is 1. The zero-order valence-corrected chi connectivity index (χ0v) is 12.4. The average Bonchev–Trinajstić information content (AvgIpc) is 2.97. The molecule has 6 heteroatoms. The molecule has 21 heavy (non-hydrogen) atoms. The van der Waals surface area contributed by atoms with Gasteiger partial charge in [-0.25, -0.2) is 9.67 Å². The Hall–Kier alpha value is -2.65. The van der Waals surface area contributed by atoms with Gasteiger partial charge in [-0.05, 0) is 46.3 Å². The number of nitrogens with two attached hydrogens (primary N) is 1. The smallest absolute Gasteiger partial charge is 0.181 e. The zero-order chi connectivity index (χ0) is 14.8. The van der Waals surface area contributed by atoms with Crippen molar-refractivity contribution in [2.75, 3.05) is 5.73 Å². The molecule has 0 saturated heterocycles. The van der Waals surface area contributed by atoms with E-state index in [2.05, 4.69) is 32.1 Å². The van der Waals surface area contributed by atoms with Crippen LogP contribution in [0.25, 0.3) is 17.1 Å². The van der Waals surface area contributed by atoms with E-state index in [1.807, 2.05) is 36.4 Å². The summed E-state index contributed by atoms with van der Waals surface area (Å²) >= 11 is 3.37. The number of anilines is 1. The standard InChI is InChI=1S/C15H10BrN5/c16-14-7-13(5-4-11(14)8-17)21-9-19-15(20-21)10-2-1-3-12(18)6-10/h1-7,9H,18H2. The molecule has 0 aliphatic rings. The van der Waals surface area contributed by atoms with Gasteiger partial charge in [-0.15, -0.1) is 5.10 Å². The predicted octanol–water partition coefficient (Wildman–Crippen LogP) is 3.15. The second-order valence-corrected chi connectivity index (χ2v) is 5.27. The van der Waals surface area contributed by atoms with Crippen molar-refractivity contribution in [2.45, 2.75) is 0 Å². The van der Waals surface area contributed by atoms with E-state index in [4.69, 9.17) is 11.0 Å². The maximum atomic E-state index is 8.93. The van der Waals surface area contributed by atoms with Crippen molar-refractivity contribution in [3.63, 3.8) is 0 Å². The molecule has 1 heterocycles. The van der Waals surface area contributed by atoms with Crippen molar-refractivity contribution in [3.05, 3.63) is 58.8 Å². The SMILES string of the molecule is N#Cc1ccc(-n2cnc(-c3cccc(N)c3)n2)cc1Br. The lowest BCUT2D eigenvalue weighted by molar-refractivity contribution is 0.881. The van der Waals surface area contributed by atoms with E-state index in [1.165, 1.54) is 0 Å². The van der Waals surface area contributed by atoms with E-state index >= 15 is 0 Å². The molecule has 2 N–H and O–H groups in total. The highest BCUT2D eigenvalue weighted by atomic mass is 79.9. The molecule has 0 radical (unpaired) electrons. The molecule has 1 aromatic heterocycles. The van der Waals surface area contributed by atoms with E-state index in [9.17, 15) is 0 Å². The largest absolute Gasteiger partial charge is 0.399 e. The van der Waals surface area contributed by atoms with Gasteiger partial charge in [-0.2, -0.15) is 5.26 Å². The number of nitriles is 1. The molecule has 0 saturated carbocycles. The molecule has 5 nitrogen and oxygen atoms in total. The molecule has 0 aliphatic carbocycles. The molecule has 0 bridgehead atoms. The fraction of sp³-hybridized carbons (Fsp3) is 0. The summed E-state index contributed by atoms with van der Waals surface area (Å²) in [6.45, 7) is 0. The Morgan fingerprint density at radius 1 is 1.19 bits per heavy atom. The summed E-state index contributed by atoms with van der Waals surface area (Å²) in [5.74, 6) is 0.600. The topological polar surface area (TPSA) is 80.5 Å². The zero-order valence-electron chi connectivity index (χ0n) is 10.9. The minimum Gasteiger partial charge on any atom is -0.399 e. The van der Waals surface area contributed by atoms with Gasteiger partial charge in [0.1, 0.15) is 12.4 Å². The maximum absolute atomic E-state index is 8.93. The summed E-state index contributed by atoms with van der Waals surface area (Å²) in [7, 11) is 0. The molecule has 0 unspecified atom stereocenters. The van der Waals surface area contributed by atoms with Gasteiger partial charge in [0, 0.05) is 15.7 Å². The number of hydrogen-bond donors (Lipinski definition) is 1. The Balaban J connectivity index is 1.99. The van der Waals surface area contributed by atoms with Crippen LogP contribution in [0, 0.1) is 11.3 Å². The van der Waals surface area contributed by atoms with Crippen LogP contribution in [0.15, 0.2) is 53.3 Å². The van der Waals surface area contributed by atoms with Gasteiger partial charge < -0.3 is 5.73 Å². The van der Waals surface area contributed by atoms with Crippen LogP contribution in [0.5, 0.6) is 0 Å². The fourth-order valence-electron chi connectivity index (χ4n) is 1.93. The maximum Gasteiger partial charge on any atom is 0.181 e. The van der Waals surface area contributed by atoms with Crippen LogP contribution in [0.3, 0.4) is 0 Å². The van der Waals surface area contributed by atoms with Crippen LogP contribution in [0.2, 0.25) is 0 Å². The third-order valence-electron chi connectivity index (χ3n) is 2.97. The molecular weight excluding hydrogens is 330 g/mol. The van der Waals surface area contributed by atoms with Crippen LogP contribution < -0.4 is 5.73 Å². The van der Waals surface area contributed by atoms with Crippen molar-refractivity contribution in [2.24, 2.45) is 0 Å². The minimum atomic E-state index is 0.579. The molecule has 0 fully saturated rings. The van der Waals surface area contributed by atoms with Gasteiger partial charge in [0.25, 0.3) is 0 Å². The van der Waals surface area contributed by atoms with E-state index in [-0.39, 0.29) is 0 Å². The Bertz CT molecular complexity index is 847. The van der Waals surface area contributed by atoms with Crippen molar-refractivity contribution in [1.29, 1.82) is 5.26 Å². The lowest BCUT2D eigenvalue weighted by Crippen LogP contribution is -1.95. The lowest BCUT2D eigenvalue weighted by atomic mass is 10.2. The summed E-state index contributed by atoms with van der Waals surface area (Å²) < 4.78 is 2.38. The quantitative estimate of drug-likeness (QED) is 0.727. The molecular formula is C15H10BrN5. The van der Waals surface area contributed by atoms with E-state index < -0.39 is 0 Å². The van der Waals surface area contributed by atoms with E-state index in [0.29, 0.717) is 17.1 Å². The minimum absolute atomic E-state index is 0.579. The molecule has 0 spiro atoms. The van der Waals surface area contributed by atoms with E-state index in [1.54, 1.807) is 17.1 Å². The molecule has 3 aromatic rings. The van der Waals surface area contributed by atoms with Crippen molar-refractivity contribution < 1.29 is 0 Å². The molecule has 0 amide bonds. The fourth-order valence-corrected chi connectivity index (χ4v) is 2.39. The van der Waals surface area contributed by atoms with Crippen molar-refractivity contribution >= 4 is 21.6 Å². The first-order valence-electron chi connectivity index (χ1n) is 6.15. The number of hydrogen-bond acceptors (Lipinski definition) is 4. The summed E-state index contributed by atoms with van der Waals surface area (Å²) in [4.78, 5) is 4.29.